The number of hydrogen-bond acceptors (Lipinski definition) is 4. The van der Waals surface area contributed by atoms with E-state index in [1.807, 2.05) is 17.5 Å². The zero-order valence-corrected chi connectivity index (χ0v) is 12.8. The van der Waals surface area contributed by atoms with E-state index in [-0.39, 0.29) is 17.7 Å². The van der Waals surface area contributed by atoms with Gasteiger partial charge in [0.1, 0.15) is 0 Å². The van der Waals surface area contributed by atoms with Gasteiger partial charge in [0.25, 0.3) is 0 Å². The number of para-hydroxylation sites is 1. The number of carbonyl (C=O) groups excluding carboxylic acids is 1. The summed E-state index contributed by atoms with van der Waals surface area (Å²) in [6, 6.07) is 8.18. The Morgan fingerprint density at radius 1 is 1.52 bits per heavy atom. The summed E-state index contributed by atoms with van der Waals surface area (Å²) in [7, 11) is 0. The van der Waals surface area contributed by atoms with Crippen molar-refractivity contribution in [3.63, 3.8) is 0 Å². The van der Waals surface area contributed by atoms with E-state index in [0.29, 0.717) is 13.1 Å². The summed E-state index contributed by atoms with van der Waals surface area (Å²) in [5.74, 6) is 0.390. The lowest BCUT2D eigenvalue weighted by Crippen LogP contribution is -2.39. The van der Waals surface area contributed by atoms with E-state index >= 15 is 0 Å². The van der Waals surface area contributed by atoms with Gasteiger partial charge in [-0.15, -0.1) is 11.3 Å². The molecule has 4 nitrogen and oxygen atoms in total. The summed E-state index contributed by atoms with van der Waals surface area (Å²) >= 11 is 1.63. The van der Waals surface area contributed by atoms with Crippen molar-refractivity contribution in [1.82, 2.24) is 10.3 Å². The second-order valence-electron chi connectivity index (χ2n) is 5.46. The number of fused-ring (bicyclic) bond motifs is 1. The minimum Gasteiger partial charge on any atom is -0.384 e. The highest BCUT2D eigenvalue weighted by atomic mass is 32.1. The summed E-state index contributed by atoms with van der Waals surface area (Å²) in [5.41, 5.74) is 2.37. The summed E-state index contributed by atoms with van der Waals surface area (Å²) in [6.45, 7) is 3.44. The van der Waals surface area contributed by atoms with Crippen LogP contribution < -0.4 is 10.6 Å². The third-order valence-corrected chi connectivity index (χ3v) is 4.86. The molecule has 21 heavy (non-hydrogen) atoms. The van der Waals surface area contributed by atoms with Crippen LogP contribution in [0.4, 0.5) is 5.69 Å². The molecule has 2 atom stereocenters. The first kappa shape index (κ1) is 14.1. The van der Waals surface area contributed by atoms with Crippen LogP contribution in [0.1, 0.15) is 23.4 Å². The van der Waals surface area contributed by atoms with Gasteiger partial charge in [-0.2, -0.15) is 0 Å². The number of nitrogens with one attached hydrogen (secondary N) is 2. The fourth-order valence-corrected chi connectivity index (χ4v) is 3.29. The van der Waals surface area contributed by atoms with E-state index in [1.165, 1.54) is 5.56 Å². The molecule has 0 fully saturated rings. The summed E-state index contributed by atoms with van der Waals surface area (Å²) in [6.07, 6.45) is 2.61. The smallest absolute Gasteiger partial charge is 0.225 e. The largest absolute Gasteiger partial charge is 0.384 e. The van der Waals surface area contributed by atoms with Crippen LogP contribution >= 0.6 is 11.3 Å². The molecule has 1 aromatic carbocycles. The zero-order valence-electron chi connectivity index (χ0n) is 12.0. The number of amides is 1. The van der Waals surface area contributed by atoms with Gasteiger partial charge in [0.2, 0.25) is 5.91 Å². The van der Waals surface area contributed by atoms with Crippen LogP contribution in [0.5, 0.6) is 0 Å². The Labute approximate surface area is 128 Å². The molecule has 1 aromatic heterocycles. The van der Waals surface area contributed by atoms with Crippen LogP contribution in [0.25, 0.3) is 0 Å². The lowest BCUT2D eigenvalue weighted by atomic mass is 9.93. The maximum absolute atomic E-state index is 12.3. The minimum atomic E-state index is 0.00314. The third kappa shape index (κ3) is 3.24. The number of hydrogen-bond donors (Lipinski definition) is 2. The molecule has 5 heteroatoms. The molecular formula is C16H19N3OS. The Kier molecular flexibility index (Phi) is 4.20. The summed E-state index contributed by atoms with van der Waals surface area (Å²) in [4.78, 5) is 16.6. The van der Waals surface area contributed by atoms with Crippen molar-refractivity contribution in [2.24, 2.45) is 5.92 Å². The van der Waals surface area contributed by atoms with E-state index in [2.05, 4.69) is 34.7 Å². The number of benzene rings is 1. The van der Waals surface area contributed by atoms with Gasteiger partial charge in [-0.1, -0.05) is 25.1 Å². The molecule has 1 amide bonds. The lowest BCUT2D eigenvalue weighted by molar-refractivity contribution is -0.124. The summed E-state index contributed by atoms with van der Waals surface area (Å²) < 4.78 is 0. The van der Waals surface area contributed by atoms with E-state index in [9.17, 15) is 4.79 Å². The Bertz CT molecular complexity index is 612. The molecule has 1 aliphatic heterocycles. The fourth-order valence-electron chi connectivity index (χ4n) is 2.59. The van der Waals surface area contributed by atoms with Gasteiger partial charge in [0, 0.05) is 36.3 Å². The van der Waals surface area contributed by atoms with Crippen LogP contribution in [0.15, 0.2) is 35.8 Å². The molecule has 0 bridgehead atoms. The standard InChI is InChI=1S/C16H19N3OS/c1-11(16-17-6-7-21-16)9-19-15(20)13-8-12-4-2-3-5-14(12)18-10-13/h2-7,11,13,18H,8-10H2,1H3,(H,19,20). The van der Waals surface area contributed by atoms with E-state index in [0.717, 1.165) is 17.1 Å². The van der Waals surface area contributed by atoms with Crippen LogP contribution in [0.2, 0.25) is 0 Å². The van der Waals surface area contributed by atoms with Crippen molar-refractivity contribution in [3.05, 3.63) is 46.4 Å². The SMILES string of the molecule is CC(CNC(=O)C1CNc2ccccc2C1)c1nccs1. The molecular weight excluding hydrogens is 282 g/mol. The highest BCUT2D eigenvalue weighted by Gasteiger charge is 2.24. The zero-order chi connectivity index (χ0) is 14.7. The number of carbonyl (C=O) groups is 1. The molecule has 3 rings (SSSR count). The Morgan fingerprint density at radius 3 is 3.19 bits per heavy atom. The average Bonchev–Trinajstić information content (AvgIpc) is 3.06. The van der Waals surface area contributed by atoms with Crippen molar-refractivity contribution in [2.75, 3.05) is 18.4 Å². The van der Waals surface area contributed by atoms with Gasteiger partial charge in [-0.3, -0.25) is 4.79 Å². The normalized spacial score (nSPS) is 18.4. The number of aromatic nitrogens is 1. The van der Waals surface area contributed by atoms with Crippen LogP contribution in [-0.2, 0) is 11.2 Å². The van der Waals surface area contributed by atoms with Crippen LogP contribution in [0, 0.1) is 5.92 Å². The van der Waals surface area contributed by atoms with E-state index in [1.54, 1.807) is 17.5 Å². The molecule has 2 N–H and O–H groups in total. The predicted octanol–water partition coefficient (Wildman–Crippen LogP) is 2.65. The summed E-state index contributed by atoms with van der Waals surface area (Å²) in [5, 5.41) is 9.44. The lowest BCUT2D eigenvalue weighted by Gasteiger charge is -2.25. The fraction of sp³-hybridized carbons (Fsp3) is 0.375. The van der Waals surface area contributed by atoms with Crippen LogP contribution in [0.3, 0.4) is 0 Å². The first-order valence-electron chi connectivity index (χ1n) is 7.23. The minimum absolute atomic E-state index is 0.00314. The number of anilines is 1. The predicted molar refractivity (Wildman–Crippen MR) is 85.7 cm³/mol. The maximum Gasteiger partial charge on any atom is 0.225 e. The topological polar surface area (TPSA) is 54.0 Å². The number of thiazole rings is 1. The van der Waals surface area contributed by atoms with Gasteiger partial charge in [-0.05, 0) is 18.1 Å². The Balaban J connectivity index is 1.55. The van der Waals surface area contributed by atoms with Crippen molar-refractivity contribution in [3.8, 4) is 0 Å². The van der Waals surface area contributed by atoms with Crippen LogP contribution in [-0.4, -0.2) is 24.0 Å². The van der Waals surface area contributed by atoms with E-state index < -0.39 is 0 Å². The molecule has 0 aliphatic carbocycles. The molecule has 2 aromatic rings. The maximum atomic E-state index is 12.3. The van der Waals surface area contributed by atoms with Gasteiger partial charge in [-0.25, -0.2) is 4.98 Å². The Hall–Kier alpha value is -1.88. The monoisotopic (exact) mass is 301 g/mol. The van der Waals surface area contributed by atoms with Gasteiger partial charge < -0.3 is 10.6 Å². The third-order valence-electron chi connectivity index (χ3n) is 3.85. The number of nitrogens with zero attached hydrogens (tertiary/aromatic N) is 1. The molecule has 0 spiro atoms. The Morgan fingerprint density at radius 2 is 2.38 bits per heavy atom. The van der Waals surface area contributed by atoms with Crippen molar-refractivity contribution >= 4 is 22.9 Å². The van der Waals surface area contributed by atoms with Crippen molar-refractivity contribution < 1.29 is 4.79 Å². The highest BCUT2D eigenvalue weighted by molar-refractivity contribution is 7.09. The first-order valence-corrected chi connectivity index (χ1v) is 8.11. The van der Waals surface area contributed by atoms with Gasteiger partial charge in [0.15, 0.2) is 0 Å². The molecule has 0 saturated heterocycles. The van der Waals surface area contributed by atoms with Gasteiger partial charge >= 0.3 is 0 Å². The average molecular weight is 301 g/mol. The molecule has 0 radical (unpaired) electrons. The van der Waals surface area contributed by atoms with E-state index in [4.69, 9.17) is 0 Å². The first-order chi connectivity index (χ1) is 10.2. The van der Waals surface area contributed by atoms with Gasteiger partial charge in [0.05, 0.1) is 10.9 Å². The number of rotatable bonds is 4. The highest BCUT2D eigenvalue weighted by Crippen LogP contribution is 2.24. The van der Waals surface area contributed by atoms with Crippen molar-refractivity contribution in [2.45, 2.75) is 19.3 Å². The second-order valence-corrected chi connectivity index (χ2v) is 6.38. The second kappa shape index (κ2) is 6.26. The molecule has 0 saturated carbocycles. The molecule has 2 heterocycles. The molecule has 110 valence electrons. The molecule has 2 unspecified atom stereocenters. The quantitative estimate of drug-likeness (QED) is 0.913. The van der Waals surface area contributed by atoms with Crippen molar-refractivity contribution in [1.29, 1.82) is 0 Å². The molecule has 1 aliphatic rings.